The second-order valence-corrected chi connectivity index (χ2v) is 20.9. The van der Waals surface area contributed by atoms with Crippen molar-refractivity contribution < 1.29 is 36.0 Å². The van der Waals surface area contributed by atoms with Crippen LogP contribution in [0.25, 0.3) is 0 Å². The second kappa shape index (κ2) is 19.9. The lowest BCUT2D eigenvalue weighted by Gasteiger charge is -2.28. The molecule has 60 heavy (non-hydrogen) atoms. The molecule has 4 aromatic rings. The second-order valence-electron chi connectivity index (χ2n) is 13.6. The lowest BCUT2D eigenvalue weighted by Crippen LogP contribution is -2.42. The first-order valence-corrected chi connectivity index (χ1v) is 24.7. The average Bonchev–Trinajstić information content (AvgIpc) is 3.71. The number of nitrogens with zero attached hydrogens (tertiary/aromatic N) is 2. The summed E-state index contributed by atoms with van der Waals surface area (Å²) in [5.74, 6) is -1.85. The Morgan fingerprint density at radius 2 is 0.950 bits per heavy atom. The minimum absolute atomic E-state index is 0.115. The maximum atomic E-state index is 12.9. The third kappa shape index (κ3) is 12.2. The number of aryl methyl sites for hydroxylation is 2. The van der Waals surface area contributed by atoms with Gasteiger partial charge < -0.3 is 21.3 Å². The van der Waals surface area contributed by atoms with Crippen molar-refractivity contribution in [3.8, 4) is 0 Å². The SMILES string of the molecule is Cc1csc(C(=O)NC2=C(C(=O)Nc3ccc(Cl)cc3)CCN(S(C)(=O)=O)C2)c1Cl.Cc1csc(C(=O)NC2=C(C(=O)Nc3ccc(Cl)cc3)CN(S(C)(=O)=O)CC2)c1Cl. The van der Waals surface area contributed by atoms with Gasteiger partial charge in [0.25, 0.3) is 23.6 Å². The number of hydrogen-bond acceptors (Lipinski definition) is 10. The van der Waals surface area contributed by atoms with Crippen LogP contribution in [0.15, 0.2) is 81.8 Å². The molecule has 0 saturated heterocycles. The Kier molecular flexibility index (Phi) is 15.7. The van der Waals surface area contributed by atoms with Crippen LogP contribution in [-0.2, 0) is 29.6 Å². The number of rotatable bonds is 10. The summed E-state index contributed by atoms with van der Waals surface area (Å²) in [6.07, 6.45) is 2.51. The van der Waals surface area contributed by atoms with Gasteiger partial charge in [0.1, 0.15) is 9.75 Å². The number of thiophene rings is 2. The summed E-state index contributed by atoms with van der Waals surface area (Å²) in [5.41, 5.74) is 3.65. The molecule has 2 aliphatic heterocycles. The van der Waals surface area contributed by atoms with Crippen LogP contribution in [0, 0.1) is 13.8 Å². The Hall–Kier alpha value is -3.82. The summed E-state index contributed by atoms with van der Waals surface area (Å²) in [7, 11) is -7.01. The summed E-state index contributed by atoms with van der Waals surface area (Å²) < 4.78 is 50.4. The minimum atomic E-state index is -3.51. The summed E-state index contributed by atoms with van der Waals surface area (Å²) >= 11 is 26.5. The van der Waals surface area contributed by atoms with Crippen molar-refractivity contribution >= 4 is 124 Å². The summed E-state index contributed by atoms with van der Waals surface area (Å²) in [6.45, 7) is 3.61. The van der Waals surface area contributed by atoms with E-state index in [0.717, 1.165) is 23.6 Å². The molecule has 22 heteroatoms. The van der Waals surface area contributed by atoms with Crippen LogP contribution in [0.4, 0.5) is 11.4 Å². The van der Waals surface area contributed by atoms with Gasteiger partial charge in [-0.1, -0.05) is 46.4 Å². The number of halogens is 4. The Labute approximate surface area is 375 Å². The Morgan fingerprint density at radius 3 is 1.37 bits per heavy atom. The van der Waals surface area contributed by atoms with Gasteiger partial charge in [0.2, 0.25) is 20.0 Å². The van der Waals surface area contributed by atoms with Crippen molar-refractivity contribution in [2.24, 2.45) is 0 Å². The maximum Gasteiger partial charge on any atom is 0.267 e. The largest absolute Gasteiger partial charge is 0.324 e. The van der Waals surface area contributed by atoms with Crippen molar-refractivity contribution in [2.75, 3.05) is 49.3 Å². The highest BCUT2D eigenvalue weighted by Crippen LogP contribution is 2.30. The topological polar surface area (TPSA) is 191 Å². The number of anilines is 2. The molecule has 4 N–H and O–H groups in total. The number of amides is 4. The van der Waals surface area contributed by atoms with Gasteiger partial charge in [-0.3, -0.25) is 19.2 Å². The van der Waals surface area contributed by atoms with E-state index in [9.17, 15) is 36.0 Å². The molecule has 0 radical (unpaired) electrons. The first kappa shape index (κ1) is 47.2. The van der Waals surface area contributed by atoms with Crippen LogP contribution in [0.3, 0.4) is 0 Å². The summed E-state index contributed by atoms with van der Waals surface area (Å²) in [5, 5.41) is 16.2. The fraction of sp³-hybridized carbons (Fsp3) is 0.263. The molecule has 0 aliphatic carbocycles. The fourth-order valence-electron chi connectivity index (χ4n) is 5.79. The normalized spacial score (nSPS) is 15.2. The molecule has 2 aromatic carbocycles. The molecular weight excluding hydrogens is 939 g/mol. The molecule has 0 fully saturated rings. The smallest absolute Gasteiger partial charge is 0.267 e. The molecular formula is C38H38Cl4N6O8S4. The number of benzene rings is 2. The van der Waals surface area contributed by atoms with E-state index in [4.69, 9.17) is 46.4 Å². The van der Waals surface area contributed by atoms with Gasteiger partial charge in [-0.15, -0.1) is 22.7 Å². The van der Waals surface area contributed by atoms with Crippen molar-refractivity contribution in [1.29, 1.82) is 0 Å². The lowest BCUT2D eigenvalue weighted by atomic mass is 10.1. The van der Waals surface area contributed by atoms with E-state index in [-0.39, 0.29) is 50.3 Å². The van der Waals surface area contributed by atoms with Gasteiger partial charge in [-0.2, -0.15) is 8.61 Å². The van der Waals surface area contributed by atoms with E-state index in [0.29, 0.717) is 52.5 Å². The van der Waals surface area contributed by atoms with Gasteiger partial charge in [0, 0.05) is 64.4 Å². The molecule has 4 amide bonds. The predicted octanol–water partition coefficient (Wildman–Crippen LogP) is 7.30. The zero-order chi connectivity index (χ0) is 44.1. The van der Waals surface area contributed by atoms with E-state index in [2.05, 4.69) is 21.3 Å². The highest BCUT2D eigenvalue weighted by molar-refractivity contribution is 7.88. The predicted molar refractivity (Wildman–Crippen MR) is 239 cm³/mol. The van der Waals surface area contributed by atoms with Gasteiger partial charge in [0.05, 0.1) is 34.7 Å². The Balaban J connectivity index is 0.000000228. The quantitative estimate of drug-likeness (QED) is 0.127. The highest BCUT2D eigenvalue weighted by atomic mass is 35.5. The molecule has 14 nitrogen and oxygen atoms in total. The molecule has 6 rings (SSSR count). The van der Waals surface area contributed by atoms with Crippen LogP contribution in [0.1, 0.15) is 43.3 Å². The monoisotopic (exact) mass is 974 g/mol. The molecule has 0 unspecified atom stereocenters. The molecule has 2 aliphatic rings. The van der Waals surface area contributed by atoms with Crippen molar-refractivity contribution in [2.45, 2.75) is 26.7 Å². The molecule has 4 heterocycles. The third-order valence-corrected chi connectivity index (χ3v) is 15.4. The average molecular weight is 977 g/mol. The maximum absolute atomic E-state index is 12.9. The standard InChI is InChI=1S/2C19H19Cl2N3O4S2/c1-11-10-29-17(16(11)21)19(26)23-15-7-8-24(30(2,27)28)9-14(15)18(25)22-13-5-3-12(20)4-6-13;1-11-10-29-17(16(11)21)19(26)23-15-9-24(30(2,27)28)8-7-14(15)18(25)22-13-5-3-12(20)4-6-13/h2*3-6,10H,7-9H2,1-2H3,(H,22,25)(H,23,26). The highest BCUT2D eigenvalue weighted by Gasteiger charge is 2.32. The number of sulfonamides is 2. The van der Waals surface area contributed by atoms with Crippen molar-refractivity contribution in [3.05, 3.63) is 123 Å². The van der Waals surface area contributed by atoms with Crippen LogP contribution >= 0.6 is 69.1 Å². The minimum Gasteiger partial charge on any atom is -0.324 e. The number of nitrogens with one attached hydrogen (secondary N) is 4. The van der Waals surface area contributed by atoms with E-state index in [1.807, 2.05) is 0 Å². The van der Waals surface area contributed by atoms with Gasteiger partial charge in [0.15, 0.2) is 0 Å². The van der Waals surface area contributed by atoms with Gasteiger partial charge in [-0.05, 0) is 90.7 Å². The van der Waals surface area contributed by atoms with Crippen LogP contribution in [0.2, 0.25) is 20.1 Å². The molecule has 0 bridgehead atoms. The van der Waals surface area contributed by atoms with Gasteiger partial charge >= 0.3 is 0 Å². The van der Waals surface area contributed by atoms with Crippen molar-refractivity contribution in [1.82, 2.24) is 19.2 Å². The van der Waals surface area contributed by atoms with E-state index < -0.39 is 43.7 Å². The van der Waals surface area contributed by atoms with Crippen molar-refractivity contribution in [3.63, 3.8) is 0 Å². The van der Waals surface area contributed by atoms with Crippen LogP contribution < -0.4 is 21.3 Å². The molecule has 0 atom stereocenters. The Bertz CT molecular complexity index is 2610. The summed E-state index contributed by atoms with van der Waals surface area (Å²) in [4.78, 5) is 51.9. The van der Waals surface area contributed by atoms with Crippen LogP contribution in [-0.4, -0.2) is 87.8 Å². The Morgan fingerprint density at radius 1 is 0.550 bits per heavy atom. The number of hydrogen-bond donors (Lipinski definition) is 4. The number of carbonyl (C=O) groups is 4. The molecule has 0 saturated carbocycles. The van der Waals surface area contributed by atoms with E-state index >= 15 is 0 Å². The first-order valence-electron chi connectivity index (χ1n) is 17.7. The zero-order valence-electron chi connectivity index (χ0n) is 32.3. The third-order valence-electron chi connectivity index (χ3n) is 9.05. The van der Waals surface area contributed by atoms with Crippen LogP contribution in [0.5, 0.6) is 0 Å². The number of carbonyl (C=O) groups excluding carboxylic acids is 4. The van der Waals surface area contributed by atoms with E-state index in [1.54, 1.807) is 73.1 Å². The lowest BCUT2D eigenvalue weighted by molar-refractivity contribution is -0.114. The fourth-order valence-corrected chi connectivity index (χ4v) is 9.96. The zero-order valence-corrected chi connectivity index (χ0v) is 38.6. The molecule has 0 spiro atoms. The molecule has 320 valence electrons. The van der Waals surface area contributed by atoms with E-state index in [1.165, 1.54) is 31.3 Å². The first-order chi connectivity index (χ1) is 28.1. The molecule has 2 aromatic heterocycles. The summed E-state index contributed by atoms with van der Waals surface area (Å²) in [6, 6.07) is 13.1. The van der Waals surface area contributed by atoms with Gasteiger partial charge in [-0.25, -0.2) is 16.8 Å².